The molecule has 0 aromatic heterocycles. The van der Waals surface area contributed by atoms with Crippen LogP contribution in [0.25, 0.3) is 0 Å². The van der Waals surface area contributed by atoms with Gasteiger partial charge < -0.3 is 10.8 Å². The Labute approximate surface area is 158 Å². The van der Waals surface area contributed by atoms with Gasteiger partial charge in [-0.3, -0.25) is 0 Å². The van der Waals surface area contributed by atoms with E-state index in [9.17, 15) is 0 Å². The van der Waals surface area contributed by atoms with Gasteiger partial charge in [-0.15, -0.1) is 12.4 Å². The fraction of sp³-hybridized carbons (Fsp3) is 1.00. The lowest BCUT2D eigenvalue weighted by atomic mass is 10.0. The van der Waals surface area contributed by atoms with Crippen molar-refractivity contribution in [2.24, 2.45) is 5.73 Å². The third-order valence-corrected chi connectivity index (χ3v) is 5.60. The van der Waals surface area contributed by atoms with Crippen molar-refractivity contribution in [1.29, 1.82) is 0 Å². The lowest BCUT2D eigenvalue weighted by molar-refractivity contribution is 0.284. The van der Waals surface area contributed by atoms with Crippen LogP contribution in [0.3, 0.4) is 0 Å². The van der Waals surface area contributed by atoms with Gasteiger partial charge in [-0.1, -0.05) is 113 Å². The van der Waals surface area contributed by atoms with Gasteiger partial charge in [0.05, 0.1) is 6.61 Å². The largest absolute Gasteiger partial charge is 0.395 e. The summed E-state index contributed by atoms with van der Waals surface area (Å²) in [4.78, 5) is 0. The molecule has 0 rings (SSSR count). The molecule has 0 amide bonds. The van der Waals surface area contributed by atoms with Crippen LogP contribution in [0.1, 0.15) is 96.8 Å². The summed E-state index contributed by atoms with van der Waals surface area (Å²) in [5, 5.41) is 9.02. The van der Waals surface area contributed by atoms with Crippen molar-refractivity contribution in [3.63, 3.8) is 0 Å². The Kier molecular flexibility index (Phi) is 22.9. The molecule has 0 unspecified atom stereocenters. The van der Waals surface area contributed by atoms with Crippen LogP contribution in [0.15, 0.2) is 0 Å². The first-order valence-corrected chi connectivity index (χ1v) is 10.5. The molecule has 0 radical (unpaired) electrons. The van der Waals surface area contributed by atoms with Gasteiger partial charge in [-0.2, -0.15) is 0 Å². The van der Waals surface area contributed by atoms with Gasteiger partial charge in [0.1, 0.15) is 0 Å². The normalized spacial score (nSPS) is 13.6. The number of hydrogen-bond donors (Lipinski definition) is 2. The van der Waals surface area contributed by atoms with Gasteiger partial charge in [0.25, 0.3) is 0 Å². The van der Waals surface area contributed by atoms with E-state index in [1.165, 1.54) is 83.5 Å². The van der Waals surface area contributed by atoms with Crippen molar-refractivity contribution in [2.45, 2.75) is 107 Å². The van der Waals surface area contributed by atoms with E-state index >= 15 is 0 Å². The van der Waals surface area contributed by atoms with E-state index in [0.29, 0.717) is 0 Å². The molecule has 0 saturated heterocycles. The van der Waals surface area contributed by atoms with E-state index in [0.717, 1.165) is 6.42 Å². The van der Waals surface area contributed by atoms with Crippen molar-refractivity contribution in [3.8, 4) is 0 Å². The number of hydrogen-bond acceptors (Lipinski definition) is 2. The highest BCUT2D eigenvalue weighted by atomic mass is 127. The minimum absolute atomic E-state index is 0. The van der Waals surface area contributed by atoms with Crippen molar-refractivity contribution in [1.82, 2.24) is 0 Å². The fourth-order valence-electron chi connectivity index (χ4n) is 2.71. The number of aliphatic hydroxyl groups excluding tert-OH is 1. The number of halogens is 2. The first kappa shape index (κ1) is 25.2. The average molecular weight is 448 g/mol. The van der Waals surface area contributed by atoms with Crippen LogP contribution in [-0.2, 0) is 0 Å². The van der Waals surface area contributed by atoms with Gasteiger partial charge in [0, 0.05) is 9.97 Å². The summed E-state index contributed by atoms with van der Waals surface area (Å²) in [6.45, 7) is 2.49. The third-order valence-electron chi connectivity index (χ3n) is 4.28. The lowest BCUT2D eigenvalue weighted by Crippen LogP contribution is -2.32. The number of alkyl halides is 1. The molecule has 2 nitrogen and oxygen atoms in total. The Balaban J connectivity index is 0. The van der Waals surface area contributed by atoms with Gasteiger partial charge >= 0.3 is 0 Å². The molecule has 3 N–H and O–H groups in total. The van der Waals surface area contributed by atoms with Crippen LogP contribution < -0.4 is 5.73 Å². The lowest BCUT2D eigenvalue weighted by Gasteiger charge is -2.15. The highest BCUT2D eigenvalue weighted by molar-refractivity contribution is 14.1. The number of rotatable bonds is 16. The van der Waals surface area contributed by atoms with E-state index in [4.69, 9.17) is 10.8 Å². The maximum Gasteiger partial charge on any atom is 0.0564 e. The molecule has 0 fully saturated rings. The highest BCUT2D eigenvalue weighted by Gasteiger charge is 2.12. The molecule has 0 heterocycles. The monoisotopic (exact) mass is 447 g/mol. The zero-order chi connectivity index (χ0) is 15.8. The zero-order valence-corrected chi connectivity index (χ0v) is 17.5. The minimum atomic E-state index is 0. The second-order valence-electron chi connectivity index (χ2n) is 6.39. The van der Waals surface area contributed by atoms with E-state index < -0.39 is 0 Å². The molecule has 0 spiro atoms. The number of aliphatic hydroxyl groups is 1. The Hall–Kier alpha value is 0.940. The predicted octanol–water partition coefficient (Wildman–Crippen LogP) is 6.01. The molecule has 2 atom stereocenters. The van der Waals surface area contributed by atoms with Crippen LogP contribution in [0.4, 0.5) is 0 Å². The topological polar surface area (TPSA) is 46.2 Å². The molecule has 0 aliphatic rings. The van der Waals surface area contributed by atoms with Crippen molar-refractivity contribution in [3.05, 3.63) is 0 Å². The molecule has 0 saturated carbocycles. The van der Waals surface area contributed by atoms with Gasteiger partial charge in [0.2, 0.25) is 0 Å². The molecule has 136 valence electrons. The van der Waals surface area contributed by atoms with Crippen LogP contribution in [0.2, 0.25) is 0 Å². The quantitative estimate of drug-likeness (QED) is 0.173. The summed E-state index contributed by atoms with van der Waals surface area (Å²) in [5.74, 6) is 0. The molecule has 22 heavy (non-hydrogen) atoms. The standard InChI is InChI=1S/C18H38INO.ClH/c1-2-3-4-5-6-7-8-9-10-11-12-13-14-15-18(20)17(19)16-21;/h17-18,21H,2-16,20H2,1H3;1H/t17-,18+;/m1./s1. The van der Waals surface area contributed by atoms with Crippen LogP contribution in [-0.4, -0.2) is 21.7 Å². The maximum absolute atomic E-state index is 9.02. The summed E-state index contributed by atoms with van der Waals surface area (Å²) >= 11 is 2.25. The molecule has 0 aromatic carbocycles. The molecular weight excluding hydrogens is 409 g/mol. The third kappa shape index (κ3) is 17.3. The molecule has 0 aliphatic carbocycles. The maximum atomic E-state index is 9.02. The minimum Gasteiger partial charge on any atom is -0.395 e. The Morgan fingerprint density at radius 3 is 1.50 bits per heavy atom. The summed E-state index contributed by atoms with van der Waals surface area (Å²) < 4.78 is 0.222. The highest BCUT2D eigenvalue weighted by Crippen LogP contribution is 2.15. The first-order valence-electron chi connectivity index (χ1n) is 9.22. The van der Waals surface area contributed by atoms with Crippen LogP contribution in [0, 0.1) is 0 Å². The molecular formula is C18H39ClINO. The van der Waals surface area contributed by atoms with Gasteiger partial charge in [0.15, 0.2) is 0 Å². The van der Waals surface area contributed by atoms with Crippen LogP contribution in [0.5, 0.6) is 0 Å². The summed E-state index contributed by atoms with van der Waals surface area (Å²) in [5.41, 5.74) is 6.00. The Bertz CT molecular complexity index is 208. The molecule has 0 aliphatic heterocycles. The van der Waals surface area contributed by atoms with E-state index in [1.54, 1.807) is 0 Å². The molecule has 0 bridgehead atoms. The SMILES string of the molecule is CCCCCCCCCCCCCCC[C@H](N)[C@H](I)CO.Cl. The average Bonchev–Trinajstić information content (AvgIpc) is 2.50. The van der Waals surface area contributed by atoms with Crippen molar-refractivity contribution in [2.75, 3.05) is 6.61 Å². The van der Waals surface area contributed by atoms with Gasteiger partial charge in [-0.05, 0) is 6.42 Å². The van der Waals surface area contributed by atoms with E-state index in [2.05, 4.69) is 29.5 Å². The molecule has 4 heteroatoms. The van der Waals surface area contributed by atoms with E-state index in [-0.39, 0.29) is 29.0 Å². The van der Waals surface area contributed by atoms with Crippen molar-refractivity contribution < 1.29 is 5.11 Å². The zero-order valence-electron chi connectivity index (χ0n) is 14.6. The first-order chi connectivity index (χ1) is 10.2. The summed E-state index contributed by atoms with van der Waals surface area (Å²) in [6.07, 6.45) is 19.1. The summed E-state index contributed by atoms with van der Waals surface area (Å²) in [7, 11) is 0. The van der Waals surface area contributed by atoms with Gasteiger partial charge in [-0.25, -0.2) is 0 Å². The summed E-state index contributed by atoms with van der Waals surface area (Å²) in [6, 6.07) is 0.170. The smallest absolute Gasteiger partial charge is 0.0564 e. The molecule has 0 aromatic rings. The van der Waals surface area contributed by atoms with Crippen LogP contribution >= 0.6 is 35.0 Å². The number of unbranched alkanes of at least 4 members (excludes halogenated alkanes) is 12. The van der Waals surface area contributed by atoms with E-state index in [1.807, 2.05) is 0 Å². The second kappa shape index (κ2) is 20.0. The number of nitrogens with two attached hydrogens (primary N) is 1. The predicted molar refractivity (Wildman–Crippen MR) is 110 cm³/mol. The second-order valence-corrected chi connectivity index (χ2v) is 7.99. The Morgan fingerprint density at radius 1 is 0.773 bits per heavy atom. The fourth-order valence-corrected chi connectivity index (χ4v) is 3.07. The van der Waals surface area contributed by atoms with Crippen molar-refractivity contribution >= 4 is 35.0 Å². The Morgan fingerprint density at radius 2 is 1.14 bits per heavy atom.